The van der Waals surface area contributed by atoms with Gasteiger partial charge in [-0.25, -0.2) is 0 Å². The molecule has 0 saturated heterocycles. The minimum absolute atomic E-state index is 0. The van der Waals surface area contributed by atoms with Crippen molar-refractivity contribution >= 4 is 22.6 Å². The van der Waals surface area contributed by atoms with Gasteiger partial charge in [-0.1, -0.05) is 0 Å². The third-order valence-corrected chi connectivity index (χ3v) is 0. The topological polar surface area (TPSA) is 17.1 Å². The van der Waals surface area contributed by atoms with Gasteiger partial charge in [0.05, 0.1) is 0 Å². The summed E-state index contributed by atoms with van der Waals surface area (Å²) >= 11 is -0.583. The molecule has 26 valence electrons. The van der Waals surface area contributed by atoms with Crippen LogP contribution in [0.3, 0.4) is 0 Å². The standard InChI is InChI=1S/Al.Ni.O.H2P/h;;;1H2/q+1;;;-1. The molecule has 1 nitrogen and oxygen atoms in total. The van der Waals surface area contributed by atoms with Gasteiger partial charge in [0.25, 0.3) is 0 Å². The molecule has 0 heterocycles. The van der Waals surface area contributed by atoms with Crippen molar-refractivity contribution in [2.24, 2.45) is 0 Å². The molecule has 0 aliphatic heterocycles. The maximum atomic E-state index is 8.98. The van der Waals surface area contributed by atoms with E-state index in [0.29, 0.717) is 0 Å². The predicted octanol–water partition coefficient (Wildman–Crippen LogP) is -0.176. The Kier molecular flexibility index (Phi) is 19.9. The maximum absolute atomic E-state index is 8.98. The summed E-state index contributed by atoms with van der Waals surface area (Å²) in [7, 11) is 2.11. The Labute approximate surface area is 43.2 Å². The average molecular weight is 135 g/mol. The molecule has 0 rings (SSSR count). The van der Waals surface area contributed by atoms with Crippen LogP contribution in [0.15, 0.2) is 0 Å². The Morgan fingerprint density at radius 3 is 1.75 bits per heavy atom. The Balaban J connectivity index is 0. The van der Waals surface area contributed by atoms with Gasteiger partial charge in [-0.15, -0.1) is 0 Å². The molecule has 0 fully saturated rings. The van der Waals surface area contributed by atoms with Crippen LogP contribution >= 0.6 is 7.89 Å². The van der Waals surface area contributed by atoms with Crippen molar-refractivity contribution in [1.82, 2.24) is 0 Å². The first-order valence-electron chi connectivity index (χ1n) is 0.569. The second kappa shape index (κ2) is 8.87. The Hall–Kier alpha value is 1.26. The number of hydrogen-bond acceptors (Lipinski definition) is 1. The number of hydrogen-bond donors (Lipinski definition) is 0. The van der Waals surface area contributed by atoms with Gasteiger partial charge in [0, 0.05) is 16.5 Å². The first-order chi connectivity index (χ1) is 1.41. The van der Waals surface area contributed by atoms with E-state index in [1.54, 1.807) is 0 Å². The van der Waals surface area contributed by atoms with Crippen LogP contribution in [0.25, 0.3) is 0 Å². The summed E-state index contributed by atoms with van der Waals surface area (Å²) in [5.74, 6) is 0. The molecule has 4 heavy (non-hydrogen) atoms. The fourth-order valence-corrected chi connectivity index (χ4v) is 0. The second-order valence-corrected chi connectivity index (χ2v) is 1.22. The molecule has 0 spiro atoms. The van der Waals surface area contributed by atoms with Crippen LogP contribution < -0.4 is 0 Å². The van der Waals surface area contributed by atoms with Crippen LogP contribution in [-0.4, -0.2) is 14.7 Å². The molecule has 0 bridgehead atoms. The van der Waals surface area contributed by atoms with E-state index in [9.17, 15) is 0 Å². The van der Waals surface area contributed by atoms with Crippen LogP contribution in [0.1, 0.15) is 0 Å². The molecule has 0 amide bonds. The predicted molar refractivity (Wildman–Crippen MR) is 16.2 cm³/mol. The Morgan fingerprint density at radius 2 is 1.75 bits per heavy atom. The molecule has 0 aromatic rings. The van der Waals surface area contributed by atoms with Gasteiger partial charge in [-0.2, -0.15) is 0 Å². The molecule has 0 saturated carbocycles. The van der Waals surface area contributed by atoms with E-state index in [1.807, 2.05) is 0 Å². The van der Waals surface area contributed by atoms with Crippen molar-refractivity contribution in [3.8, 4) is 0 Å². The summed E-state index contributed by atoms with van der Waals surface area (Å²) in [5, 5.41) is 0. The van der Waals surface area contributed by atoms with E-state index >= 15 is 0 Å². The summed E-state index contributed by atoms with van der Waals surface area (Å²) in [4.78, 5) is 0. The van der Waals surface area contributed by atoms with Crippen molar-refractivity contribution in [1.29, 1.82) is 0 Å². The molecule has 0 aliphatic carbocycles. The zero-order chi connectivity index (χ0) is 2.71. The third kappa shape index (κ3) is 10.5. The third-order valence-electron chi connectivity index (χ3n) is 0. The van der Waals surface area contributed by atoms with Gasteiger partial charge in [0.1, 0.15) is 0 Å². The Morgan fingerprint density at radius 1 is 1.75 bits per heavy atom. The normalized spacial score (nSPS) is 2.25. The SMILES string of the molecule is [Ni].[O]=[Al][PH2]. The first kappa shape index (κ1) is 8.98. The molecule has 0 radical (unpaired) electrons. The molecule has 1 unspecified atom stereocenters. The first-order valence-corrected chi connectivity index (χ1v) is 3.71. The van der Waals surface area contributed by atoms with Gasteiger partial charge >= 0.3 is 26.4 Å². The summed E-state index contributed by atoms with van der Waals surface area (Å²) in [5.41, 5.74) is 0. The molecule has 1 atom stereocenters. The molecular weight excluding hydrogens is 133 g/mol. The summed E-state index contributed by atoms with van der Waals surface area (Å²) in [6.45, 7) is 0. The van der Waals surface area contributed by atoms with E-state index in [2.05, 4.69) is 7.89 Å². The van der Waals surface area contributed by atoms with Crippen molar-refractivity contribution in [2.45, 2.75) is 0 Å². The molecule has 0 aromatic heterocycles. The fraction of sp³-hybridized carbons (Fsp3) is 0. The monoisotopic (exact) mass is 134 g/mol. The van der Waals surface area contributed by atoms with Crippen molar-refractivity contribution in [3.63, 3.8) is 0 Å². The van der Waals surface area contributed by atoms with Crippen LogP contribution in [0.4, 0.5) is 0 Å². The summed E-state index contributed by atoms with van der Waals surface area (Å²) < 4.78 is 8.98. The summed E-state index contributed by atoms with van der Waals surface area (Å²) in [6.07, 6.45) is 0. The van der Waals surface area contributed by atoms with Crippen LogP contribution in [-0.2, 0) is 20.3 Å². The molecule has 0 N–H and O–H groups in total. The van der Waals surface area contributed by atoms with Crippen LogP contribution in [0.5, 0.6) is 0 Å². The van der Waals surface area contributed by atoms with Gasteiger partial charge in [0.15, 0.2) is 0 Å². The quantitative estimate of drug-likeness (QED) is 0.332. The van der Waals surface area contributed by atoms with Crippen molar-refractivity contribution in [2.75, 3.05) is 0 Å². The molecular formula is H2AlNiOP. The molecule has 0 aliphatic rings. The minimum atomic E-state index is -0.583. The molecule has 0 aromatic carbocycles. The van der Waals surface area contributed by atoms with E-state index < -0.39 is 14.7 Å². The van der Waals surface area contributed by atoms with E-state index in [0.717, 1.165) is 0 Å². The van der Waals surface area contributed by atoms with Crippen LogP contribution in [0, 0.1) is 0 Å². The van der Waals surface area contributed by atoms with Gasteiger partial charge in [-0.05, 0) is 0 Å². The van der Waals surface area contributed by atoms with E-state index in [4.69, 9.17) is 3.80 Å². The van der Waals surface area contributed by atoms with Gasteiger partial charge < -0.3 is 0 Å². The fourth-order valence-electron chi connectivity index (χ4n) is 0. The Bertz CT molecular complexity index is 15.5. The van der Waals surface area contributed by atoms with E-state index in [-0.39, 0.29) is 16.5 Å². The van der Waals surface area contributed by atoms with Crippen molar-refractivity contribution < 1.29 is 20.3 Å². The second-order valence-electron chi connectivity index (χ2n) is 0.136. The zero-order valence-corrected chi connectivity index (χ0v) is 5.18. The zero-order valence-electron chi connectivity index (χ0n) is 1.88. The van der Waals surface area contributed by atoms with Crippen LogP contribution in [0.2, 0.25) is 0 Å². The van der Waals surface area contributed by atoms with Gasteiger partial charge in [-0.3, -0.25) is 0 Å². The average Bonchev–Trinajstić information content (AvgIpc) is 0.918. The summed E-state index contributed by atoms with van der Waals surface area (Å²) in [6, 6.07) is 0. The number of rotatable bonds is 0. The van der Waals surface area contributed by atoms with Crippen molar-refractivity contribution in [3.05, 3.63) is 0 Å². The molecule has 4 heteroatoms. The van der Waals surface area contributed by atoms with Gasteiger partial charge in [0.2, 0.25) is 0 Å². The van der Waals surface area contributed by atoms with E-state index in [1.165, 1.54) is 0 Å².